The first-order valence-corrected chi connectivity index (χ1v) is 7.81. The van der Waals surface area contributed by atoms with E-state index in [1.165, 1.54) is 39.0 Å². The monoisotopic (exact) mass is 294 g/mol. The predicted octanol–water partition coefficient (Wildman–Crippen LogP) is 2.69. The third-order valence-electron chi connectivity index (χ3n) is 4.47. The smallest absolute Gasteiger partial charge is 0.349 e. The number of hydrogen-bond acceptors (Lipinski definition) is 5. The lowest BCUT2D eigenvalue weighted by Gasteiger charge is -2.20. The first-order valence-electron chi connectivity index (χ1n) is 6.99. The first-order chi connectivity index (χ1) is 9.65. The minimum Gasteiger partial charge on any atom is -0.465 e. The van der Waals surface area contributed by atoms with E-state index in [1.54, 1.807) is 0 Å². The van der Waals surface area contributed by atoms with Gasteiger partial charge in [0.05, 0.1) is 13.3 Å². The number of esters is 1. The second kappa shape index (κ2) is 5.52. The van der Waals surface area contributed by atoms with Crippen molar-refractivity contribution in [2.45, 2.75) is 32.1 Å². The number of anilines is 1. The van der Waals surface area contributed by atoms with E-state index in [2.05, 4.69) is 15.0 Å². The van der Waals surface area contributed by atoms with Gasteiger partial charge in [0.2, 0.25) is 5.91 Å². The predicted molar refractivity (Wildman–Crippen MR) is 75.6 cm³/mol. The van der Waals surface area contributed by atoms with Gasteiger partial charge in [0.25, 0.3) is 0 Å². The summed E-state index contributed by atoms with van der Waals surface area (Å²) >= 11 is 1.15. The van der Waals surface area contributed by atoms with E-state index in [0.29, 0.717) is 22.3 Å². The minimum atomic E-state index is -0.420. The molecule has 1 amide bonds. The normalized spacial score (nSPS) is 27.6. The van der Waals surface area contributed by atoms with Crippen LogP contribution in [0, 0.1) is 17.8 Å². The molecule has 2 aliphatic carbocycles. The zero-order valence-electron chi connectivity index (χ0n) is 11.4. The number of methoxy groups -OCH3 is 1. The first kappa shape index (κ1) is 13.5. The van der Waals surface area contributed by atoms with Crippen molar-refractivity contribution < 1.29 is 14.3 Å². The molecule has 1 heterocycles. The lowest BCUT2D eigenvalue weighted by molar-refractivity contribution is -0.117. The van der Waals surface area contributed by atoms with Crippen molar-refractivity contribution in [1.82, 2.24) is 4.98 Å². The number of carbonyl (C=O) groups excluding carboxylic acids is 2. The van der Waals surface area contributed by atoms with Crippen molar-refractivity contribution in [2.24, 2.45) is 17.8 Å². The second-order valence-electron chi connectivity index (χ2n) is 5.71. The molecule has 3 rings (SSSR count). The second-order valence-corrected chi connectivity index (χ2v) is 6.74. The summed E-state index contributed by atoms with van der Waals surface area (Å²) in [6, 6.07) is 0. The maximum atomic E-state index is 12.0. The van der Waals surface area contributed by atoms with E-state index in [0.717, 1.165) is 23.2 Å². The van der Waals surface area contributed by atoms with Crippen LogP contribution in [0.15, 0.2) is 6.20 Å². The van der Waals surface area contributed by atoms with Gasteiger partial charge in [0.1, 0.15) is 4.88 Å². The number of nitrogens with zero attached hydrogens (tertiary/aromatic N) is 1. The van der Waals surface area contributed by atoms with Crippen LogP contribution in [0.1, 0.15) is 41.8 Å². The largest absolute Gasteiger partial charge is 0.465 e. The SMILES string of the molecule is COC(=O)c1cnc(NC(=O)C[C@H]2C[C@H]3CC[C@H]2C3)s1. The van der Waals surface area contributed by atoms with Crippen LogP contribution in [0.3, 0.4) is 0 Å². The topological polar surface area (TPSA) is 68.3 Å². The highest BCUT2D eigenvalue weighted by Crippen LogP contribution is 2.49. The maximum Gasteiger partial charge on any atom is 0.349 e. The number of thiazole rings is 1. The van der Waals surface area contributed by atoms with E-state index in [-0.39, 0.29) is 5.91 Å². The molecule has 0 aliphatic heterocycles. The Morgan fingerprint density at radius 3 is 2.95 bits per heavy atom. The minimum absolute atomic E-state index is 0.00770. The lowest BCUT2D eigenvalue weighted by atomic mass is 9.86. The molecule has 0 radical (unpaired) electrons. The molecule has 0 spiro atoms. The Bertz CT molecular complexity index is 528. The molecule has 2 bridgehead atoms. The summed E-state index contributed by atoms with van der Waals surface area (Å²) in [5, 5.41) is 3.26. The Morgan fingerprint density at radius 2 is 2.30 bits per heavy atom. The van der Waals surface area contributed by atoms with Gasteiger partial charge in [-0.05, 0) is 37.0 Å². The zero-order valence-corrected chi connectivity index (χ0v) is 12.2. The summed E-state index contributed by atoms with van der Waals surface area (Å²) in [5.74, 6) is 1.72. The molecular weight excluding hydrogens is 276 g/mol. The van der Waals surface area contributed by atoms with Gasteiger partial charge in [0, 0.05) is 6.42 Å². The number of nitrogens with one attached hydrogen (secondary N) is 1. The number of fused-ring (bicyclic) bond motifs is 2. The number of hydrogen-bond donors (Lipinski definition) is 1. The molecule has 108 valence electrons. The standard InChI is InChI=1S/C14H18N2O3S/c1-19-13(18)11-7-15-14(20-11)16-12(17)6-10-5-8-2-3-9(10)4-8/h7-10H,2-6H2,1H3,(H,15,16,17)/t8-,9-,10+/m0/s1. The van der Waals surface area contributed by atoms with Crippen molar-refractivity contribution in [1.29, 1.82) is 0 Å². The van der Waals surface area contributed by atoms with Crippen LogP contribution in [0.4, 0.5) is 5.13 Å². The Labute approximate surface area is 121 Å². The van der Waals surface area contributed by atoms with Gasteiger partial charge < -0.3 is 10.1 Å². The van der Waals surface area contributed by atoms with E-state index in [1.807, 2.05) is 0 Å². The van der Waals surface area contributed by atoms with E-state index in [4.69, 9.17) is 0 Å². The van der Waals surface area contributed by atoms with Crippen molar-refractivity contribution in [2.75, 3.05) is 12.4 Å². The van der Waals surface area contributed by atoms with Gasteiger partial charge in [0.15, 0.2) is 5.13 Å². The maximum absolute atomic E-state index is 12.0. The molecule has 1 N–H and O–H groups in total. The zero-order chi connectivity index (χ0) is 14.1. The average molecular weight is 294 g/mol. The molecule has 5 nitrogen and oxygen atoms in total. The highest BCUT2D eigenvalue weighted by atomic mass is 32.1. The molecule has 2 aliphatic rings. The highest BCUT2D eigenvalue weighted by Gasteiger charge is 2.40. The molecule has 2 fully saturated rings. The number of aromatic nitrogens is 1. The highest BCUT2D eigenvalue weighted by molar-refractivity contribution is 7.17. The summed E-state index contributed by atoms with van der Waals surface area (Å²) in [4.78, 5) is 27.8. The Balaban J connectivity index is 1.54. The quantitative estimate of drug-likeness (QED) is 0.867. The van der Waals surface area contributed by atoms with Crippen LogP contribution in [0.5, 0.6) is 0 Å². The Morgan fingerprint density at radius 1 is 1.45 bits per heavy atom. The van der Waals surface area contributed by atoms with Crippen molar-refractivity contribution >= 4 is 28.3 Å². The molecule has 1 aromatic rings. The van der Waals surface area contributed by atoms with Crippen LogP contribution in [-0.2, 0) is 9.53 Å². The van der Waals surface area contributed by atoms with Crippen molar-refractivity contribution in [3.8, 4) is 0 Å². The van der Waals surface area contributed by atoms with Crippen LogP contribution in [-0.4, -0.2) is 24.0 Å². The van der Waals surface area contributed by atoms with Gasteiger partial charge in [-0.3, -0.25) is 4.79 Å². The fourth-order valence-electron chi connectivity index (χ4n) is 3.56. The third kappa shape index (κ3) is 2.70. The summed E-state index contributed by atoms with van der Waals surface area (Å²) in [7, 11) is 1.33. The number of rotatable bonds is 4. The fourth-order valence-corrected chi connectivity index (χ4v) is 4.31. The third-order valence-corrected chi connectivity index (χ3v) is 5.36. The molecule has 0 saturated heterocycles. The molecule has 0 aromatic carbocycles. The molecular formula is C14H18N2O3S. The summed E-state index contributed by atoms with van der Waals surface area (Å²) in [6.45, 7) is 0. The number of carbonyl (C=O) groups is 2. The van der Waals surface area contributed by atoms with Gasteiger partial charge in [-0.2, -0.15) is 0 Å². The number of ether oxygens (including phenoxy) is 1. The molecule has 20 heavy (non-hydrogen) atoms. The molecule has 3 atom stereocenters. The van der Waals surface area contributed by atoms with Gasteiger partial charge in [-0.1, -0.05) is 17.8 Å². The summed E-state index contributed by atoms with van der Waals surface area (Å²) in [5.41, 5.74) is 0. The van der Waals surface area contributed by atoms with Gasteiger partial charge >= 0.3 is 5.97 Å². The fraction of sp³-hybridized carbons (Fsp3) is 0.643. The van der Waals surface area contributed by atoms with Crippen LogP contribution >= 0.6 is 11.3 Å². The van der Waals surface area contributed by atoms with Crippen molar-refractivity contribution in [3.05, 3.63) is 11.1 Å². The van der Waals surface area contributed by atoms with Crippen LogP contribution < -0.4 is 5.32 Å². The molecule has 6 heteroatoms. The Hall–Kier alpha value is -1.43. The van der Waals surface area contributed by atoms with Gasteiger partial charge in [-0.25, -0.2) is 9.78 Å². The van der Waals surface area contributed by atoms with E-state index < -0.39 is 5.97 Å². The lowest BCUT2D eigenvalue weighted by Crippen LogP contribution is -2.20. The van der Waals surface area contributed by atoms with Crippen molar-refractivity contribution in [3.63, 3.8) is 0 Å². The number of amides is 1. The molecule has 2 saturated carbocycles. The average Bonchev–Trinajstić information content (AvgIpc) is 3.13. The molecule has 0 unspecified atom stereocenters. The Kier molecular flexibility index (Phi) is 3.74. The summed E-state index contributed by atoms with van der Waals surface area (Å²) in [6.07, 6.45) is 7.15. The van der Waals surface area contributed by atoms with Gasteiger partial charge in [-0.15, -0.1) is 0 Å². The molecule has 1 aromatic heterocycles. The van der Waals surface area contributed by atoms with E-state index in [9.17, 15) is 9.59 Å². The van der Waals surface area contributed by atoms with E-state index >= 15 is 0 Å². The van der Waals surface area contributed by atoms with Crippen LogP contribution in [0.25, 0.3) is 0 Å². The summed E-state index contributed by atoms with van der Waals surface area (Å²) < 4.78 is 4.61. The van der Waals surface area contributed by atoms with Crippen LogP contribution in [0.2, 0.25) is 0 Å².